The number of carbonyl (C=O) groups excluding carboxylic acids is 1. The Morgan fingerprint density at radius 1 is 1.23 bits per heavy atom. The van der Waals surface area contributed by atoms with Crippen molar-refractivity contribution in [1.29, 1.82) is 5.26 Å². The summed E-state index contributed by atoms with van der Waals surface area (Å²) in [4.78, 5) is 20.6. The number of ether oxygens (including phenoxy) is 1. The second kappa shape index (κ2) is 9.98. The second-order valence-electron chi connectivity index (χ2n) is 7.02. The minimum Gasteiger partial charge on any atom is -0.454 e. The van der Waals surface area contributed by atoms with Crippen LogP contribution in [-0.4, -0.2) is 32.4 Å². The quantitative estimate of drug-likeness (QED) is 0.397. The fourth-order valence-corrected chi connectivity index (χ4v) is 3.82. The topological polar surface area (TPSA) is 105 Å². The summed E-state index contributed by atoms with van der Waals surface area (Å²) in [6.07, 6.45) is -0.436. The molecule has 0 bridgehead atoms. The van der Waals surface area contributed by atoms with E-state index in [1.807, 2.05) is 0 Å². The summed E-state index contributed by atoms with van der Waals surface area (Å²) in [5, 5.41) is 15.8. The highest BCUT2D eigenvalue weighted by molar-refractivity contribution is 8.18. The number of nitrogens with zero attached hydrogens (tertiary/aromatic N) is 5. The zero-order chi connectivity index (χ0) is 25.0. The molecule has 1 amide bonds. The Labute approximate surface area is 199 Å². The average Bonchev–Trinajstić information content (AvgIpc) is 3.45. The van der Waals surface area contributed by atoms with Crippen LogP contribution in [0, 0.1) is 17.1 Å². The molecule has 0 spiro atoms. The van der Waals surface area contributed by atoms with Crippen LogP contribution in [0.4, 0.5) is 17.6 Å². The molecular weight excluding hydrogens is 488 g/mol. The first-order valence-corrected chi connectivity index (χ1v) is 10.7. The van der Waals surface area contributed by atoms with Crippen molar-refractivity contribution in [2.75, 3.05) is 6.54 Å². The number of carbonyl (C=O) groups is 1. The van der Waals surface area contributed by atoms with E-state index in [-0.39, 0.29) is 10.5 Å². The third-order valence-corrected chi connectivity index (χ3v) is 5.54. The van der Waals surface area contributed by atoms with Crippen molar-refractivity contribution < 1.29 is 27.1 Å². The molecule has 2 heterocycles. The van der Waals surface area contributed by atoms with Gasteiger partial charge in [-0.25, -0.2) is 9.37 Å². The Morgan fingerprint density at radius 3 is 2.71 bits per heavy atom. The predicted octanol–water partition coefficient (Wildman–Crippen LogP) is 4.36. The van der Waals surface area contributed by atoms with Gasteiger partial charge in [0.1, 0.15) is 18.4 Å². The zero-order valence-electron chi connectivity index (χ0n) is 17.6. The summed E-state index contributed by atoms with van der Waals surface area (Å²) < 4.78 is 61.4. The number of nitrogens with one attached hydrogen (secondary N) is 1. The number of alkyl halides is 3. The Kier molecular flexibility index (Phi) is 6.83. The molecule has 3 aromatic rings. The molecule has 1 aliphatic rings. The molecule has 0 unspecified atom stereocenters. The molecule has 13 heteroatoms. The van der Waals surface area contributed by atoms with Crippen LogP contribution in [0.5, 0.6) is 11.5 Å². The van der Waals surface area contributed by atoms with Crippen LogP contribution >= 0.6 is 11.8 Å². The Balaban J connectivity index is 1.48. The van der Waals surface area contributed by atoms with Crippen molar-refractivity contribution in [2.45, 2.75) is 12.7 Å². The lowest BCUT2D eigenvalue weighted by Crippen LogP contribution is -2.20. The van der Waals surface area contributed by atoms with Gasteiger partial charge in [0.15, 0.2) is 16.7 Å². The summed E-state index contributed by atoms with van der Waals surface area (Å²) in [5.74, 6) is -2.43. The molecule has 1 aromatic heterocycles. The van der Waals surface area contributed by atoms with Crippen molar-refractivity contribution in [3.63, 3.8) is 0 Å². The van der Waals surface area contributed by atoms with Crippen LogP contribution in [0.15, 0.2) is 59.0 Å². The van der Waals surface area contributed by atoms with E-state index in [0.29, 0.717) is 29.9 Å². The molecule has 1 fully saturated rings. The van der Waals surface area contributed by atoms with Gasteiger partial charge in [0.25, 0.3) is 5.91 Å². The third-order valence-electron chi connectivity index (χ3n) is 4.59. The largest absolute Gasteiger partial charge is 0.454 e. The lowest BCUT2D eigenvalue weighted by Gasteiger charge is -2.14. The number of nitriles is 1. The van der Waals surface area contributed by atoms with Crippen LogP contribution in [-0.2, 0) is 17.5 Å². The second-order valence-corrected chi connectivity index (χ2v) is 8.05. The first kappa shape index (κ1) is 24.0. The molecule has 8 nitrogen and oxygen atoms in total. The number of aliphatic imine (C=N–C) groups is 1. The van der Waals surface area contributed by atoms with Gasteiger partial charge in [0.05, 0.1) is 35.2 Å². The van der Waals surface area contributed by atoms with E-state index in [9.17, 15) is 22.4 Å². The molecule has 0 saturated carbocycles. The van der Waals surface area contributed by atoms with Crippen LogP contribution in [0.3, 0.4) is 0 Å². The van der Waals surface area contributed by atoms with Crippen molar-refractivity contribution in [2.24, 2.45) is 4.99 Å². The molecular formula is C22H14F4N6O2S. The molecule has 4 rings (SSSR count). The Morgan fingerprint density at radius 2 is 2.03 bits per heavy atom. The predicted molar refractivity (Wildman–Crippen MR) is 119 cm³/mol. The normalized spacial score (nSPS) is 15.9. The molecule has 178 valence electrons. The van der Waals surface area contributed by atoms with E-state index in [1.54, 1.807) is 17.1 Å². The number of hydrogen-bond donors (Lipinski definition) is 1. The zero-order valence-corrected chi connectivity index (χ0v) is 18.4. The van der Waals surface area contributed by atoms with Gasteiger partial charge in [-0.3, -0.25) is 14.5 Å². The third kappa shape index (κ3) is 5.85. The average molecular weight is 502 g/mol. The van der Waals surface area contributed by atoms with Crippen molar-refractivity contribution >= 4 is 28.9 Å². The number of halogens is 4. The summed E-state index contributed by atoms with van der Waals surface area (Å²) >= 11 is 1.07. The SMILES string of the molecule is N#Cc1ccc(Oc2ccc(/C=C3\SC(=NCCn4cncn4)NC3=O)cc2F)c(C(F)(F)F)c1. The monoisotopic (exact) mass is 502 g/mol. The minimum atomic E-state index is -4.80. The summed E-state index contributed by atoms with van der Waals surface area (Å²) in [5.41, 5.74) is -1.11. The number of rotatable bonds is 6. The molecule has 2 aromatic carbocycles. The van der Waals surface area contributed by atoms with Crippen molar-refractivity contribution in [3.05, 3.63) is 76.5 Å². The van der Waals surface area contributed by atoms with E-state index in [0.717, 1.165) is 36.0 Å². The highest BCUT2D eigenvalue weighted by Gasteiger charge is 2.35. The minimum absolute atomic E-state index is 0.208. The standard InChI is InChI=1S/C22H14F4N6O2S/c23-16-8-13(9-19-20(33)31-21(35-19)29-5-6-32-12-28-11-30-32)1-4-18(16)34-17-3-2-14(10-27)7-15(17)22(24,25)26/h1-4,7-9,11-12H,5-6H2,(H,29,31,33)/b19-9-. The maximum Gasteiger partial charge on any atom is 0.420 e. The van der Waals surface area contributed by atoms with E-state index < -0.39 is 35.0 Å². The van der Waals surface area contributed by atoms with Gasteiger partial charge in [-0.15, -0.1) is 0 Å². The molecule has 1 N–H and O–H groups in total. The molecule has 35 heavy (non-hydrogen) atoms. The molecule has 1 saturated heterocycles. The van der Waals surface area contributed by atoms with Gasteiger partial charge < -0.3 is 10.1 Å². The van der Waals surface area contributed by atoms with Gasteiger partial charge in [-0.1, -0.05) is 6.07 Å². The molecule has 0 aliphatic carbocycles. The first-order chi connectivity index (χ1) is 16.7. The molecule has 0 atom stereocenters. The lowest BCUT2D eigenvalue weighted by molar-refractivity contribution is -0.138. The summed E-state index contributed by atoms with van der Waals surface area (Å²) in [6, 6.07) is 7.94. The highest BCUT2D eigenvalue weighted by Crippen LogP contribution is 2.39. The van der Waals surface area contributed by atoms with Crippen molar-refractivity contribution in [3.8, 4) is 17.6 Å². The highest BCUT2D eigenvalue weighted by atomic mass is 32.2. The fraction of sp³-hybridized carbons (Fsp3) is 0.136. The van der Waals surface area contributed by atoms with Crippen LogP contribution in [0.1, 0.15) is 16.7 Å². The van der Waals surface area contributed by atoms with Gasteiger partial charge >= 0.3 is 6.18 Å². The number of benzene rings is 2. The van der Waals surface area contributed by atoms with Crippen LogP contribution in [0.2, 0.25) is 0 Å². The van der Waals surface area contributed by atoms with E-state index in [4.69, 9.17) is 10.00 Å². The number of hydrogen-bond acceptors (Lipinski definition) is 7. The Hall–Kier alpha value is -4.18. The van der Waals surface area contributed by atoms with E-state index in [1.165, 1.54) is 18.5 Å². The van der Waals surface area contributed by atoms with Gasteiger partial charge in [0.2, 0.25) is 0 Å². The smallest absolute Gasteiger partial charge is 0.420 e. The maximum atomic E-state index is 14.6. The van der Waals surface area contributed by atoms with Crippen LogP contribution in [0.25, 0.3) is 6.08 Å². The number of thioether (sulfide) groups is 1. The lowest BCUT2D eigenvalue weighted by atomic mass is 10.1. The van der Waals surface area contributed by atoms with Crippen molar-refractivity contribution in [1.82, 2.24) is 20.1 Å². The summed E-state index contributed by atoms with van der Waals surface area (Å²) in [7, 11) is 0. The Bertz CT molecular complexity index is 1360. The molecule has 1 aliphatic heterocycles. The number of amidine groups is 1. The summed E-state index contributed by atoms with van der Waals surface area (Å²) in [6.45, 7) is 0.829. The number of amides is 1. The van der Waals surface area contributed by atoms with Gasteiger partial charge in [0, 0.05) is 0 Å². The van der Waals surface area contributed by atoms with Gasteiger partial charge in [-0.2, -0.15) is 23.5 Å². The molecule has 0 radical (unpaired) electrons. The fourth-order valence-electron chi connectivity index (χ4n) is 2.97. The maximum absolute atomic E-state index is 14.6. The first-order valence-electron chi connectivity index (χ1n) is 9.89. The van der Waals surface area contributed by atoms with E-state index in [2.05, 4.69) is 20.4 Å². The van der Waals surface area contributed by atoms with E-state index >= 15 is 0 Å². The van der Waals surface area contributed by atoms with Gasteiger partial charge in [-0.05, 0) is 53.7 Å². The van der Waals surface area contributed by atoms with Crippen LogP contribution < -0.4 is 10.1 Å². The number of aromatic nitrogens is 3.